The first-order valence-electron chi connectivity index (χ1n) is 8.81. The molecule has 5 heteroatoms. The minimum absolute atomic E-state index is 0.0305. The van der Waals surface area contributed by atoms with E-state index >= 15 is 0 Å². The van der Waals surface area contributed by atoms with Gasteiger partial charge in [-0.05, 0) is 34.0 Å². The maximum absolute atomic E-state index is 6.49. The highest BCUT2D eigenvalue weighted by atomic mass is 35.5. The second-order valence-electron chi connectivity index (χ2n) is 6.50. The molecule has 136 valence electrons. The van der Waals surface area contributed by atoms with Gasteiger partial charge in [-0.25, -0.2) is 4.98 Å². The number of aromatic nitrogens is 2. The zero-order valence-corrected chi connectivity index (χ0v) is 16.2. The Morgan fingerprint density at radius 1 is 1.00 bits per heavy atom. The van der Waals surface area contributed by atoms with E-state index in [1.54, 1.807) is 12.3 Å². The molecule has 1 aromatic heterocycles. The third-order valence-corrected chi connectivity index (χ3v) is 5.27. The van der Waals surface area contributed by atoms with Gasteiger partial charge in [0, 0.05) is 35.5 Å². The Kier molecular flexibility index (Phi) is 5.44. The molecular formula is C22H19Cl2N3. The fourth-order valence-corrected chi connectivity index (χ4v) is 3.88. The standard InChI is InChI=1S/C22H19Cl2N3/c23-18-8-9-20(21(24)12-18)22(14-27-11-10-25-15-27)26-13-17-6-3-5-16-4-1-2-7-19(16)17/h1-12,15,22,26H,13-14H2. The van der Waals surface area contributed by atoms with Crippen LogP contribution in [0.1, 0.15) is 17.2 Å². The van der Waals surface area contributed by atoms with Crippen molar-refractivity contribution in [1.82, 2.24) is 14.9 Å². The molecule has 4 rings (SSSR count). The lowest BCUT2D eigenvalue weighted by molar-refractivity contribution is 0.462. The van der Waals surface area contributed by atoms with E-state index in [9.17, 15) is 0 Å². The molecular weight excluding hydrogens is 377 g/mol. The van der Waals surface area contributed by atoms with Crippen LogP contribution in [0.3, 0.4) is 0 Å². The van der Waals surface area contributed by atoms with Crippen molar-refractivity contribution in [2.75, 3.05) is 0 Å². The maximum atomic E-state index is 6.49. The highest BCUT2D eigenvalue weighted by molar-refractivity contribution is 6.35. The fourth-order valence-electron chi connectivity index (χ4n) is 3.34. The molecule has 27 heavy (non-hydrogen) atoms. The Morgan fingerprint density at radius 3 is 2.67 bits per heavy atom. The normalized spacial score (nSPS) is 12.4. The number of rotatable bonds is 6. The molecule has 0 saturated heterocycles. The van der Waals surface area contributed by atoms with Crippen molar-refractivity contribution in [2.45, 2.75) is 19.1 Å². The van der Waals surface area contributed by atoms with Gasteiger partial charge in [0.15, 0.2) is 0 Å². The van der Waals surface area contributed by atoms with E-state index in [-0.39, 0.29) is 6.04 Å². The second kappa shape index (κ2) is 8.13. The summed E-state index contributed by atoms with van der Waals surface area (Å²) < 4.78 is 2.05. The fraction of sp³-hybridized carbons (Fsp3) is 0.136. The Hall–Kier alpha value is -2.33. The highest BCUT2D eigenvalue weighted by Gasteiger charge is 2.16. The summed E-state index contributed by atoms with van der Waals surface area (Å²) in [6, 6.07) is 20.5. The van der Waals surface area contributed by atoms with Crippen LogP contribution < -0.4 is 5.32 Å². The van der Waals surface area contributed by atoms with E-state index in [0.717, 1.165) is 18.7 Å². The van der Waals surface area contributed by atoms with E-state index in [1.165, 1.54) is 16.3 Å². The average molecular weight is 396 g/mol. The predicted octanol–water partition coefficient (Wildman–Crippen LogP) is 5.87. The largest absolute Gasteiger partial charge is 0.336 e. The highest BCUT2D eigenvalue weighted by Crippen LogP contribution is 2.28. The van der Waals surface area contributed by atoms with Crippen LogP contribution in [0, 0.1) is 0 Å². The molecule has 0 amide bonds. The van der Waals surface area contributed by atoms with Crippen molar-refractivity contribution in [3.8, 4) is 0 Å². The zero-order chi connectivity index (χ0) is 18.6. The van der Waals surface area contributed by atoms with Gasteiger partial charge in [-0.2, -0.15) is 0 Å². The molecule has 0 fully saturated rings. The summed E-state index contributed by atoms with van der Waals surface area (Å²) in [4.78, 5) is 4.15. The second-order valence-corrected chi connectivity index (χ2v) is 7.34. The van der Waals surface area contributed by atoms with Gasteiger partial charge in [0.05, 0.1) is 12.4 Å². The summed E-state index contributed by atoms with van der Waals surface area (Å²) in [5.74, 6) is 0. The lowest BCUT2D eigenvalue weighted by Crippen LogP contribution is -2.25. The quantitative estimate of drug-likeness (QED) is 0.442. The molecule has 3 nitrogen and oxygen atoms in total. The summed E-state index contributed by atoms with van der Waals surface area (Å²) in [6.07, 6.45) is 5.55. The number of hydrogen-bond acceptors (Lipinski definition) is 2. The Bertz CT molecular complexity index is 1040. The molecule has 1 heterocycles. The molecule has 0 radical (unpaired) electrons. The SMILES string of the molecule is Clc1ccc(C(Cn2ccnc2)NCc2cccc3ccccc23)c(Cl)c1. The summed E-state index contributed by atoms with van der Waals surface area (Å²) in [7, 11) is 0. The molecule has 0 aliphatic heterocycles. The number of nitrogens with zero attached hydrogens (tertiary/aromatic N) is 2. The number of benzene rings is 3. The zero-order valence-electron chi connectivity index (χ0n) is 14.6. The first-order valence-corrected chi connectivity index (χ1v) is 9.57. The molecule has 1 N–H and O–H groups in total. The van der Waals surface area contributed by atoms with Gasteiger partial charge < -0.3 is 9.88 Å². The molecule has 0 aliphatic carbocycles. The van der Waals surface area contributed by atoms with E-state index in [0.29, 0.717) is 10.0 Å². The van der Waals surface area contributed by atoms with Gasteiger partial charge in [-0.1, -0.05) is 71.7 Å². The molecule has 4 aromatic rings. The van der Waals surface area contributed by atoms with Crippen molar-refractivity contribution >= 4 is 34.0 Å². The van der Waals surface area contributed by atoms with Crippen LogP contribution in [-0.2, 0) is 13.1 Å². The van der Waals surface area contributed by atoms with Gasteiger partial charge in [0.1, 0.15) is 0 Å². The van der Waals surface area contributed by atoms with Gasteiger partial charge in [0.25, 0.3) is 0 Å². The monoisotopic (exact) mass is 395 g/mol. The molecule has 1 atom stereocenters. The van der Waals surface area contributed by atoms with Crippen LogP contribution in [0.25, 0.3) is 10.8 Å². The number of fused-ring (bicyclic) bond motifs is 1. The summed E-state index contributed by atoms with van der Waals surface area (Å²) in [6.45, 7) is 1.46. The maximum Gasteiger partial charge on any atom is 0.0946 e. The Labute approximate surface area is 168 Å². The molecule has 1 unspecified atom stereocenters. The van der Waals surface area contributed by atoms with Crippen LogP contribution in [0.15, 0.2) is 79.4 Å². The van der Waals surface area contributed by atoms with Crippen molar-refractivity contribution in [3.63, 3.8) is 0 Å². The van der Waals surface area contributed by atoms with Gasteiger partial charge in [-0.3, -0.25) is 0 Å². The summed E-state index contributed by atoms with van der Waals surface area (Å²) in [5, 5.41) is 7.47. The van der Waals surface area contributed by atoms with Crippen molar-refractivity contribution < 1.29 is 0 Å². The predicted molar refractivity (Wildman–Crippen MR) is 112 cm³/mol. The van der Waals surface area contributed by atoms with Crippen LogP contribution >= 0.6 is 23.2 Å². The van der Waals surface area contributed by atoms with Crippen LogP contribution in [0.5, 0.6) is 0 Å². The smallest absolute Gasteiger partial charge is 0.0946 e. The summed E-state index contributed by atoms with van der Waals surface area (Å²) >= 11 is 12.6. The van der Waals surface area contributed by atoms with Gasteiger partial charge >= 0.3 is 0 Å². The molecule has 0 spiro atoms. The Balaban J connectivity index is 1.62. The molecule has 0 bridgehead atoms. The van der Waals surface area contributed by atoms with Crippen molar-refractivity contribution in [1.29, 1.82) is 0 Å². The summed E-state index contributed by atoms with van der Waals surface area (Å²) in [5.41, 5.74) is 2.28. The third kappa shape index (κ3) is 4.16. The van der Waals surface area contributed by atoms with Crippen molar-refractivity contribution in [3.05, 3.63) is 101 Å². The van der Waals surface area contributed by atoms with E-state index < -0.39 is 0 Å². The van der Waals surface area contributed by atoms with E-state index in [2.05, 4.69) is 52.8 Å². The number of halogens is 2. The third-order valence-electron chi connectivity index (χ3n) is 4.71. The van der Waals surface area contributed by atoms with Gasteiger partial charge in [0.2, 0.25) is 0 Å². The number of hydrogen-bond donors (Lipinski definition) is 1. The van der Waals surface area contributed by atoms with Crippen LogP contribution in [0.4, 0.5) is 0 Å². The van der Waals surface area contributed by atoms with E-state index in [1.807, 2.05) is 29.2 Å². The Morgan fingerprint density at radius 2 is 1.85 bits per heavy atom. The minimum atomic E-state index is 0.0305. The molecule has 0 saturated carbocycles. The topological polar surface area (TPSA) is 29.9 Å². The average Bonchev–Trinajstić information content (AvgIpc) is 3.18. The first kappa shape index (κ1) is 18.1. The van der Waals surface area contributed by atoms with Crippen LogP contribution in [0.2, 0.25) is 10.0 Å². The minimum Gasteiger partial charge on any atom is -0.336 e. The first-order chi connectivity index (χ1) is 13.2. The number of imidazole rings is 1. The number of nitrogens with one attached hydrogen (secondary N) is 1. The molecule has 0 aliphatic rings. The van der Waals surface area contributed by atoms with Crippen LogP contribution in [-0.4, -0.2) is 9.55 Å². The molecule has 3 aromatic carbocycles. The lowest BCUT2D eigenvalue weighted by Gasteiger charge is -2.22. The van der Waals surface area contributed by atoms with Crippen molar-refractivity contribution in [2.24, 2.45) is 0 Å². The van der Waals surface area contributed by atoms with E-state index in [4.69, 9.17) is 23.2 Å². The van der Waals surface area contributed by atoms with Gasteiger partial charge in [-0.15, -0.1) is 0 Å². The lowest BCUT2D eigenvalue weighted by atomic mass is 10.0.